The highest BCUT2D eigenvalue weighted by Crippen LogP contribution is 2.29. The van der Waals surface area contributed by atoms with Crippen LogP contribution >= 0.6 is 0 Å². The van der Waals surface area contributed by atoms with E-state index in [-0.39, 0.29) is 18.4 Å². The zero-order chi connectivity index (χ0) is 16.6. The summed E-state index contributed by atoms with van der Waals surface area (Å²) in [5, 5.41) is 10.3. The molecule has 3 heterocycles. The number of aromatic amines is 1. The lowest BCUT2D eigenvalue weighted by Crippen LogP contribution is -2.32. The molecule has 2 aromatic heterocycles. The molecule has 0 aliphatic carbocycles. The fourth-order valence-corrected chi connectivity index (χ4v) is 2.83. The summed E-state index contributed by atoms with van der Waals surface area (Å²) < 4.78 is 38.5. The summed E-state index contributed by atoms with van der Waals surface area (Å²) in [6, 6.07) is 0.869. The van der Waals surface area contributed by atoms with Crippen LogP contribution in [0.4, 0.5) is 13.2 Å². The lowest BCUT2D eigenvalue weighted by molar-refractivity contribution is -0.142. The molecule has 0 spiro atoms. The number of nitrogens with zero attached hydrogens (tertiary/aromatic N) is 4. The highest BCUT2D eigenvalue weighted by atomic mass is 19.4. The second-order valence-corrected chi connectivity index (χ2v) is 5.69. The first kappa shape index (κ1) is 15.6. The number of likely N-dealkylation sites (tertiary alicyclic amines) is 1. The third-order valence-corrected chi connectivity index (χ3v) is 4.05. The van der Waals surface area contributed by atoms with Crippen LogP contribution in [0.25, 0.3) is 0 Å². The number of hydrogen-bond acceptors (Lipinski definition) is 3. The molecule has 1 saturated heterocycles. The first-order valence-corrected chi connectivity index (χ1v) is 7.23. The first-order chi connectivity index (χ1) is 10.8. The van der Waals surface area contributed by atoms with Gasteiger partial charge in [-0.25, -0.2) is 0 Å². The summed E-state index contributed by atoms with van der Waals surface area (Å²) in [5.74, 6) is -0.0497. The molecule has 0 unspecified atom stereocenters. The van der Waals surface area contributed by atoms with Crippen LogP contribution in [0.2, 0.25) is 0 Å². The van der Waals surface area contributed by atoms with Crippen LogP contribution < -0.4 is 0 Å². The van der Waals surface area contributed by atoms with Crippen molar-refractivity contribution in [1.29, 1.82) is 0 Å². The van der Waals surface area contributed by atoms with E-state index in [1.165, 1.54) is 6.20 Å². The Bertz CT molecular complexity index is 705. The van der Waals surface area contributed by atoms with Gasteiger partial charge in [-0.15, -0.1) is 0 Å². The van der Waals surface area contributed by atoms with E-state index in [2.05, 4.69) is 15.3 Å². The number of H-pyrrole nitrogens is 1. The molecule has 0 bridgehead atoms. The van der Waals surface area contributed by atoms with Gasteiger partial charge in [0.1, 0.15) is 6.54 Å². The van der Waals surface area contributed by atoms with Crippen molar-refractivity contribution in [3.8, 4) is 0 Å². The van der Waals surface area contributed by atoms with Crippen molar-refractivity contribution in [1.82, 2.24) is 24.9 Å². The van der Waals surface area contributed by atoms with Crippen molar-refractivity contribution in [2.45, 2.75) is 32.0 Å². The summed E-state index contributed by atoms with van der Waals surface area (Å²) in [5.41, 5.74) is 1.07. The fourth-order valence-electron chi connectivity index (χ4n) is 2.83. The van der Waals surface area contributed by atoms with Gasteiger partial charge >= 0.3 is 6.18 Å². The smallest absolute Gasteiger partial charge is 0.340 e. The normalized spacial score (nSPS) is 18.6. The van der Waals surface area contributed by atoms with E-state index in [1.54, 1.807) is 11.1 Å². The number of alkyl halides is 3. The summed E-state index contributed by atoms with van der Waals surface area (Å²) in [4.78, 5) is 13.9. The molecular formula is C14H16F3N5O. The molecule has 3 rings (SSSR count). The minimum absolute atomic E-state index is 0.185. The largest absolute Gasteiger partial charge is 0.435 e. The minimum atomic E-state index is -4.49. The van der Waals surface area contributed by atoms with E-state index in [0.29, 0.717) is 13.1 Å². The van der Waals surface area contributed by atoms with Crippen LogP contribution in [0.1, 0.15) is 29.3 Å². The SMILES string of the molecule is Cc1cn[nH]c1[C@H]1CCN(C(=O)Cn2ccc(C(F)(F)F)n2)C1. The molecule has 1 N–H and O–H groups in total. The van der Waals surface area contributed by atoms with E-state index in [0.717, 1.165) is 28.4 Å². The number of rotatable bonds is 3. The second kappa shape index (κ2) is 5.71. The molecular weight excluding hydrogens is 311 g/mol. The molecule has 2 aromatic rings. The maximum Gasteiger partial charge on any atom is 0.435 e. The van der Waals surface area contributed by atoms with Crippen LogP contribution in [-0.4, -0.2) is 43.9 Å². The van der Waals surface area contributed by atoms with Crippen molar-refractivity contribution in [3.63, 3.8) is 0 Å². The molecule has 0 radical (unpaired) electrons. The molecule has 124 valence electrons. The van der Waals surface area contributed by atoms with Crippen LogP contribution in [0, 0.1) is 6.92 Å². The van der Waals surface area contributed by atoms with E-state index in [1.807, 2.05) is 6.92 Å². The molecule has 23 heavy (non-hydrogen) atoms. The van der Waals surface area contributed by atoms with Gasteiger partial charge in [0.15, 0.2) is 5.69 Å². The average Bonchev–Trinajstić information content (AvgIpc) is 3.16. The Kier molecular flexibility index (Phi) is 3.87. The van der Waals surface area contributed by atoms with Crippen LogP contribution in [0.15, 0.2) is 18.5 Å². The van der Waals surface area contributed by atoms with Crippen molar-refractivity contribution in [2.24, 2.45) is 0 Å². The van der Waals surface area contributed by atoms with Gasteiger partial charge in [0.2, 0.25) is 5.91 Å². The standard InChI is InChI=1S/C14H16F3N5O/c1-9-6-18-19-13(9)10-2-4-21(7-10)12(23)8-22-5-3-11(20-22)14(15,16)17/h3,5-6,10H,2,4,7-8H2,1H3,(H,18,19)/t10-/m0/s1. The number of amides is 1. The number of hydrogen-bond donors (Lipinski definition) is 1. The summed E-state index contributed by atoms with van der Waals surface area (Å²) in [6.07, 6.45) is -0.775. The van der Waals surface area contributed by atoms with Crippen LogP contribution in [-0.2, 0) is 17.5 Å². The highest BCUT2D eigenvalue weighted by molar-refractivity contribution is 5.76. The number of carbonyl (C=O) groups excluding carboxylic acids is 1. The number of halogens is 3. The number of carbonyl (C=O) groups is 1. The predicted molar refractivity (Wildman–Crippen MR) is 74.5 cm³/mol. The Morgan fingerprint density at radius 3 is 2.87 bits per heavy atom. The third-order valence-electron chi connectivity index (χ3n) is 4.05. The number of nitrogens with one attached hydrogen (secondary N) is 1. The molecule has 0 aromatic carbocycles. The summed E-state index contributed by atoms with van der Waals surface area (Å²) in [6.45, 7) is 2.88. The van der Waals surface area contributed by atoms with Crippen LogP contribution in [0.5, 0.6) is 0 Å². The van der Waals surface area contributed by atoms with E-state index < -0.39 is 11.9 Å². The Morgan fingerprint density at radius 1 is 1.48 bits per heavy atom. The predicted octanol–water partition coefficient (Wildman–Crippen LogP) is 1.95. The Morgan fingerprint density at radius 2 is 2.26 bits per heavy atom. The summed E-state index contributed by atoms with van der Waals surface area (Å²) >= 11 is 0. The lowest BCUT2D eigenvalue weighted by Gasteiger charge is -2.16. The molecule has 1 amide bonds. The molecule has 1 atom stereocenters. The molecule has 1 aliphatic heterocycles. The highest BCUT2D eigenvalue weighted by Gasteiger charge is 2.34. The van der Waals surface area contributed by atoms with Gasteiger partial charge in [0.25, 0.3) is 0 Å². The van der Waals surface area contributed by atoms with Gasteiger partial charge in [-0.2, -0.15) is 23.4 Å². The topological polar surface area (TPSA) is 66.8 Å². The molecule has 1 aliphatic rings. The van der Waals surface area contributed by atoms with Gasteiger partial charge in [0.05, 0.1) is 6.20 Å². The van der Waals surface area contributed by atoms with Crippen LogP contribution in [0.3, 0.4) is 0 Å². The Balaban J connectivity index is 1.61. The Labute approximate surface area is 130 Å². The van der Waals surface area contributed by atoms with Gasteiger partial charge < -0.3 is 4.90 Å². The Hall–Kier alpha value is -2.32. The van der Waals surface area contributed by atoms with Gasteiger partial charge in [0, 0.05) is 30.9 Å². The van der Waals surface area contributed by atoms with Crippen molar-refractivity contribution >= 4 is 5.91 Å². The zero-order valence-corrected chi connectivity index (χ0v) is 12.5. The van der Waals surface area contributed by atoms with E-state index in [9.17, 15) is 18.0 Å². The lowest BCUT2D eigenvalue weighted by atomic mass is 10.0. The maximum atomic E-state index is 12.5. The summed E-state index contributed by atoms with van der Waals surface area (Å²) in [7, 11) is 0. The minimum Gasteiger partial charge on any atom is -0.340 e. The van der Waals surface area contributed by atoms with E-state index >= 15 is 0 Å². The third kappa shape index (κ3) is 3.22. The number of aryl methyl sites for hydroxylation is 1. The fraction of sp³-hybridized carbons (Fsp3) is 0.500. The molecule has 6 nitrogen and oxygen atoms in total. The van der Waals surface area contributed by atoms with Crippen molar-refractivity contribution in [3.05, 3.63) is 35.4 Å². The molecule has 1 fully saturated rings. The maximum absolute atomic E-state index is 12.5. The van der Waals surface area contributed by atoms with Gasteiger partial charge in [-0.1, -0.05) is 0 Å². The van der Waals surface area contributed by atoms with Gasteiger partial charge in [-0.3, -0.25) is 14.6 Å². The average molecular weight is 327 g/mol. The van der Waals surface area contributed by atoms with E-state index in [4.69, 9.17) is 0 Å². The quantitative estimate of drug-likeness (QED) is 0.937. The van der Waals surface area contributed by atoms with Crippen molar-refractivity contribution in [2.75, 3.05) is 13.1 Å². The molecule has 0 saturated carbocycles. The monoisotopic (exact) mass is 327 g/mol. The van der Waals surface area contributed by atoms with Gasteiger partial charge in [-0.05, 0) is 25.0 Å². The van der Waals surface area contributed by atoms with Crippen molar-refractivity contribution < 1.29 is 18.0 Å². The molecule has 9 heteroatoms. The number of aromatic nitrogens is 4. The zero-order valence-electron chi connectivity index (χ0n) is 12.5. The second-order valence-electron chi connectivity index (χ2n) is 5.69. The first-order valence-electron chi connectivity index (χ1n) is 7.23.